The van der Waals surface area contributed by atoms with Crippen LogP contribution in [0.5, 0.6) is 0 Å². The van der Waals surface area contributed by atoms with Crippen LogP contribution in [0.4, 0.5) is 0 Å². The maximum atomic E-state index is 10.9. The minimum absolute atomic E-state index is 0.229. The molecule has 0 radical (unpaired) electrons. The minimum atomic E-state index is -1.26. The highest BCUT2D eigenvalue weighted by Gasteiger charge is 2.18. The molecule has 82 valence electrons. The van der Waals surface area contributed by atoms with Gasteiger partial charge >= 0.3 is 11.9 Å². The topological polar surface area (TPSA) is 92.4 Å². The third-order valence-electron chi connectivity index (χ3n) is 2.35. The molecular weight excluding hydrogens is 212 g/mol. The van der Waals surface area contributed by atoms with Gasteiger partial charge in [0.1, 0.15) is 0 Å². The molecule has 0 bridgehead atoms. The standard InChI is InChI=1S/C10H8N2O4/c1-12-8-3-7(10(15)16)6(9(13)14)2-5(8)4-11-12/h2-4H,1H3,(H,13,14)(H,15,16). The third-order valence-corrected chi connectivity index (χ3v) is 2.35. The van der Waals surface area contributed by atoms with Crippen LogP contribution in [0.25, 0.3) is 10.9 Å². The van der Waals surface area contributed by atoms with Gasteiger partial charge in [0.25, 0.3) is 0 Å². The molecule has 6 nitrogen and oxygen atoms in total. The number of aromatic carboxylic acids is 2. The van der Waals surface area contributed by atoms with Gasteiger partial charge in [-0.15, -0.1) is 0 Å². The molecule has 0 unspecified atom stereocenters. The summed E-state index contributed by atoms with van der Waals surface area (Å²) in [5.41, 5.74) is 0.124. The van der Waals surface area contributed by atoms with E-state index in [0.717, 1.165) is 0 Å². The summed E-state index contributed by atoms with van der Waals surface area (Å²) in [5.74, 6) is -2.52. The molecule has 0 aliphatic heterocycles. The van der Waals surface area contributed by atoms with Crippen molar-refractivity contribution in [2.24, 2.45) is 7.05 Å². The van der Waals surface area contributed by atoms with Gasteiger partial charge in [0.2, 0.25) is 0 Å². The Hall–Kier alpha value is -2.37. The molecule has 0 atom stereocenters. The number of rotatable bonds is 2. The first-order valence-corrected chi connectivity index (χ1v) is 4.43. The molecule has 0 aliphatic carbocycles. The van der Waals surface area contributed by atoms with Gasteiger partial charge in [0.15, 0.2) is 0 Å². The van der Waals surface area contributed by atoms with Crippen molar-refractivity contribution in [1.82, 2.24) is 9.78 Å². The number of hydrogen-bond acceptors (Lipinski definition) is 3. The number of aryl methyl sites for hydroxylation is 1. The number of fused-ring (bicyclic) bond motifs is 1. The monoisotopic (exact) mass is 220 g/mol. The first-order chi connectivity index (χ1) is 7.50. The van der Waals surface area contributed by atoms with Crippen LogP contribution in [0.3, 0.4) is 0 Å². The molecule has 16 heavy (non-hydrogen) atoms. The third kappa shape index (κ3) is 1.40. The van der Waals surface area contributed by atoms with E-state index >= 15 is 0 Å². The molecule has 1 heterocycles. The maximum Gasteiger partial charge on any atom is 0.336 e. The van der Waals surface area contributed by atoms with Crippen LogP contribution in [0.1, 0.15) is 20.7 Å². The normalized spacial score (nSPS) is 10.6. The predicted molar refractivity (Wildman–Crippen MR) is 54.6 cm³/mol. The van der Waals surface area contributed by atoms with E-state index < -0.39 is 11.9 Å². The average molecular weight is 220 g/mol. The van der Waals surface area contributed by atoms with Crippen molar-refractivity contribution in [3.05, 3.63) is 29.5 Å². The molecule has 6 heteroatoms. The second kappa shape index (κ2) is 3.34. The van der Waals surface area contributed by atoms with Crippen molar-refractivity contribution in [2.75, 3.05) is 0 Å². The van der Waals surface area contributed by atoms with E-state index in [0.29, 0.717) is 10.9 Å². The highest BCUT2D eigenvalue weighted by Crippen LogP contribution is 2.19. The Morgan fingerprint density at radius 3 is 2.31 bits per heavy atom. The predicted octanol–water partition coefficient (Wildman–Crippen LogP) is 0.970. The molecular formula is C10H8N2O4. The molecule has 0 amide bonds. The number of nitrogens with zero attached hydrogens (tertiary/aromatic N) is 2. The summed E-state index contributed by atoms with van der Waals surface area (Å²) in [6.07, 6.45) is 1.49. The first kappa shape index (κ1) is 10.2. The summed E-state index contributed by atoms with van der Waals surface area (Å²) in [6.45, 7) is 0. The van der Waals surface area contributed by atoms with E-state index in [1.165, 1.54) is 23.0 Å². The number of aromatic nitrogens is 2. The lowest BCUT2D eigenvalue weighted by Crippen LogP contribution is -2.08. The lowest BCUT2D eigenvalue weighted by atomic mass is 10.1. The van der Waals surface area contributed by atoms with Crippen molar-refractivity contribution in [3.63, 3.8) is 0 Å². The number of carboxylic acid groups (broad SMARTS) is 2. The van der Waals surface area contributed by atoms with Crippen LogP contribution in [0.15, 0.2) is 18.3 Å². The van der Waals surface area contributed by atoms with Crippen molar-refractivity contribution in [1.29, 1.82) is 0 Å². The van der Waals surface area contributed by atoms with Gasteiger partial charge < -0.3 is 10.2 Å². The van der Waals surface area contributed by atoms with Crippen molar-refractivity contribution < 1.29 is 19.8 Å². The molecule has 0 spiro atoms. The zero-order chi connectivity index (χ0) is 11.9. The van der Waals surface area contributed by atoms with Gasteiger partial charge in [-0.25, -0.2) is 9.59 Å². The average Bonchev–Trinajstić information content (AvgIpc) is 2.58. The zero-order valence-electron chi connectivity index (χ0n) is 8.34. The van der Waals surface area contributed by atoms with E-state index in [2.05, 4.69) is 5.10 Å². The fourth-order valence-electron chi connectivity index (χ4n) is 1.55. The number of benzene rings is 1. The Balaban J connectivity index is 2.83. The quantitative estimate of drug-likeness (QED) is 0.786. The van der Waals surface area contributed by atoms with Crippen molar-refractivity contribution >= 4 is 22.8 Å². The molecule has 2 N–H and O–H groups in total. The summed E-state index contributed by atoms with van der Waals surface area (Å²) in [5, 5.41) is 22.3. The Kier molecular flexibility index (Phi) is 2.12. The minimum Gasteiger partial charge on any atom is -0.478 e. The van der Waals surface area contributed by atoms with E-state index in [-0.39, 0.29) is 11.1 Å². The fourth-order valence-corrected chi connectivity index (χ4v) is 1.55. The van der Waals surface area contributed by atoms with E-state index in [1.807, 2.05) is 0 Å². The summed E-state index contributed by atoms with van der Waals surface area (Å²) in [4.78, 5) is 21.8. The highest BCUT2D eigenvalue weighted by atomic mass is 16.4. The molecule has 0 saturated carbocycles. The molecule has 0 aliphatic rings. The van der Waals surface area contributed by atoms with Crippen molar-refractivity contribution in [2.45, 2.75) is 0 Å². The molecule has 2 rings (SSSR count). The van der Waals surface area contributed by atoms with E-state index in [9.17, 15) is 9.59 Å². The van der Waals surface area contributed by atoms with E-state index in [4.69, 9.17) is 10.2 Å². The number of hydrogen-bond donors (Lipinski definition) is 2. The molecule has 1 aromatic carbocycles. The van der Waals surface area contributed by atoms with Crippen LogP contribution in [-0.2, 0) is 7.05 Å². The maximum absolute atomic E-state index is 10.9. The molecule has 1 aromatic heterocycles. The van der Waals surface area contributed by atoms with Gasteiger partial charge in [-0.3, -0.25) is 4.68 Å². The van der Waals surface area contributed by atoms with Crippen LogP contribution >= 0.6 is 0 Å². The van der Waals surface area contributed by atoms with Crippen LogP contribution in [-0.4, -0.2) is 31.9 Å². The molecule has 2 aromatic rings. The van der Waals surface area contributed by atoms with Crippen molar-refractivity contribution in [3.8, 4) is 0 Å². The zero-order valence-corrected chi connectivity index (χ0v) is 8.34. The Morgan fingerprint density at radius 2 is 1.75 bits per heavy atom. The summed E-state index contributed by atoms with van der Waals surface area (Å²) in [7, 11) is 1.66. The summed E-state index contributed by atoms with van der Waals surface area (Å²) < 4.78 is 1.49. The SMILES string of the molecule is Cn1ncc2cc(C(=O)O)c(C(=O)O)cc21. The van der Waals surface area contributed by atoms with Gasteiger partial charge in [-0.2, -0.15) is 5.10 Å². The van der Waals surface area contributed by atoms with Crippen LogP contribution in [0, 0.1) is 0 Å². The number of carboxylic acids is 2. The smallest absolute Gasteiger partial charge is 0.336 e. The lowest BCUT2D eigenvalue weighted by Gasteiger charge is -2.02. The second-order valence-corrected chi connectivity index (χ2v) is 3.34. The molecule has 0 saturated heterocycles. The van der Waals surface area contributed by atoms with Gasteiger partial charge in [0, 0.05) is 12.4 Å². The Morgan fingerprint density at radius 1 is 1.19 bits per heavy atom. The fraction of sp³-hybridized carbons (Fsp3) is 0.100. The summed E-state index contributed by atoms with van der Waals surface area (Å²) >= 11 is 0. The Labute approximate surface area is 89.7 Å². The lowest BCUT2D eigenvalue weighted by molar-refractivity contribution is 0.0652. The van der Waals surface area contributed by atoms with Gasteiger partial charge in [-0.1, -0.05) is 0 Å². The number of carbonyl (C=O) groups is 2. The van der Waals surface area contributed by atoms with Gasteiger partial charge in [-0.05, 0) is 12.1 Å². The molecule has 0 fully saturated rings. The summed E-state index contributed by atoms with van der Waals surface area (Å²) in [6, 6.07) is 2.63. The second-order valence-electron chi connectivity index (χ2n) is 3.34. The van der Waals surface area contributed by atoms with Crippen LogP contribution < -0.4 is 0 Å². The van der Waals surface area contributed by atoms with Gasteiger partial charge in [0.05, 0.1) is 22.8 Å². The highest BCUT2D eigenvalue weighted by molar-refractivity contribution is 6.05. The largest absolute Gasteiger partial charge is 0.478 e. The Bertz CT molecular complexity index is 600. The van der Waals surface area contributed by atoms with E-state index in [1.54, 1.807) is 7.05 Å². The first-order valence-electron chi connectivity index (χ1n) is 4.43. The van der Waals surface area contributed by atoms with Crippen LogP contribution in [0.2, 0.25) is 0 Å².